The summed E-state index contributed by atoms with van der Waals surface area (Å²) in [6.07, 6.45) is 1.83. The lowest BCUT2D eigenvalue weighted by atomic mass is 10.2. The summed E-state index contributed by atoms with van der Waals surface area (Å²) in [6, 6.07) is 0. The predicted octanol–water partition coefficient (Wildman–Crippen LogP) is 0.324. The number of halogens is 1. The number of ether oxygens (including phenoxy) is 1. The molecule has 1 aliphatic rings. The van der Waals surface area contributed by atoms with E-state index in [1.165, 1.54) is 7.11 Å². The van der Waals surface area contributed by atoms with Crippen molar-refractivity contribution in [3.05, 3.63) is 0 Å². The first-order chi connectivity index (χ1) is 7.97. The molecule has 100 valence electrons. The molecule has 0 bridgehead atoms. The van der Waals surface area contributed by atoms with Gasteiger partial charge in [-0.05, 0) is 12.8 Å². The highest BCUT2D eigenvalue weighted by Crippen LogP contribution is 2.19. The van der Waals surface area contributed by atoms with Crippen LogP contribution in [0.25, 0.3) is 0 Å². The van der Waals surface area contributed by atoms with Gasteiger partial charge in [0.2, 0.25) is 5.91 Å². The van der Waals surface area contributed by atoms with Gasteiger partial charge < -0.3 is 10.1 Å². The Hall–Kier alpha value is -0.330. The van der Waals surface area contributed by atoms with Gasteiger partial charge >= 0.3 is 0 Å². The molecule has 1 fully saturated rings. The fraction of sp³-hybridized carbons (Fsp3) is 0.900. The molecule has 1 N–H and O–H groups in total. The first-order valence-corrected chi connectivity index (χ1v) is 7.75. The molecule has 17 heavy (non-hydrogen) atoms. The maximum atomic E-state index is 11.7. The molecule has 2 atom stereocenters. The predicted molar refractivity (Wildman–Crippen MR) is 66.0 cm³/mol. The Labute approximate surface area is 107 Å². The van der Waals surface area contributed by atoms with Crippen LogP contribution in [0.1, 0.15) is 19.3 Å². The topological polar surface area (TPSA) is 72.5 Å². The quantitative estimate of drug-likeness (QED) is 0.738. The Morgan fingerprint density at radius 1 is 1.53 bits per heavy atom. The second kappa shape index (κ2) is 6.56. The summed E-state index contributed by atoms with van der Waals surface area (Å²) >= 11 is 5.85. The number of nitrogens with one attached hydrogen (secondary N) is 1. The Kier molecular flexibility index (Phi) is 5.69. The van der Waals surface area contributed by atoms with Gasteiger partial charge in [-0.3, -0.25) is 4.79 Å². The van der Waals surface area contributed by atoms with Crippen molar-refractivity contribution in [1.82, 2.24) is 5.32 Å². The van der Waals surface area contributed by atoms with Crippen molar-refractivity contribution in [1.29, 1.82) is 0 Å². The standard InChI is InChI=1S/C10H18ClNO4S/c1-16-7-8(11)6-12-10(13)9-4-2-3-5-17(9,14)15/h8-9H,2-7H2,1H3,(H,12,13). The molecule has 1 aliphatic heterocycles. The van der Waals surface area contributed by atoms with Crippen LogP contribution in [0.2, 0.25) is 0 Å². The van der Waals surface area contributed by atoms with Crippen molar-refractivity contribution in [3.63, 3.8) is 0 Å². The average Bonchev–Trinajstić information content (AvgIpc) is 2.26. The van der Waals surface area contributed by atoms with Gasteiger partial charge in [-0.15, -0.1) is 11.6 Å². The largest absolute Gasteiger partial charge is 0.383 e. The third-order valence-electron chi connectivity index (χ3n) is 2.72. The second-order valence-electron chi connectivity index (χ2n) is 4.15. The number of carbonyl (C=O) groups excluding carboxylic acids is 1. The molecule has 1 saturated heterocycles. The van der Waals surface area contributed by atoms with Gasteiger partial charge in [0.25, 0.3) is 0 Å². The molecule has 0 aromatic heterocycles. The minimum absolute atomic E-state index is 0.105. The fourth-order valence-corrected chi connectivity index (χ4v) is 3.84. The Balaban J connectivity index is 2.46. The number of methoxy groups -OCH3 is 1. The van der Waals surface area contributed by atoms with E-state index in [4.69, 9.17) is 16.3 Å². The van der Waals surface area contributed by atoms with Crippen LogP contribution in [-0.2, 0) is 19.4 Å². The van der Waals surface area contributed by atoms with Crippen LogP contribution < -0.4 is 5.32 Å². The molecular weight excluding hydrogens is 266 g/mol. The van der Waals surface area contributed by atoms with Crippen LogP contribution in [0.5, 0.6) is 0 Å². The smallest absolute Gasteiger partial charge is 0.238 e. The minimum Gasteiger partial charge on any atom is -0.383 e. The van der Waals surface area contributed by atoms with Crippen LogP contribution in [0.15, 0.2) is 0 Å². The van der Waals surface area contributed by atoms with E-state index < -0.39 is 21.0 Å². The maximum Gasteiger partial charge on any atom is 0.238 e. The second-order valence-corrected chi connectivity index (χ2v) is 7.07. The van der Waals surface area contributed by atoms with Gasteiger partial charge in [0, 0.05) is 13.7 Å². The molecule has 0 spiro atoms. The summed E-state index contributed by atoms with van der Waals surface area (Å²) in [5.41, 5.74) is 0. The Morgan fingerprint density at radius 2 is 2.24 bits per heavy atom. The van der Waals surface area contributed by atoms with Crippen LogP contribution in [0.4, 0.5) is 0 Å². The van der Waals surface area contributed by atoms with Crippen LogP contribution >= 0.6 is 11.6 Å². The van der Waals surface area contributed by atoms with E-state index >= 15 is 0 Å². The monoisotopic (exact) mass is 283 g/mol. The zero-order valence-electron chi connectivity index (χ0n) is 9.82. The van der Waals surface area contributed by atoms with Gasteiger partial charge in [-0.1, -0.05) is 6.42 Å². The SMILES string of the molecule is COCC(Cl)CNC(=O)C1CCCCS1(=O)=O. The Morgan fingerprint density at radius 3 is 2.82 bits per heavy atom. The molecule has 1 amide bonds. The van der Waals surface area contributed by atoms with Crippen molar-refractivity contribution in [2.45, 2.75) is 29.9 Å². The molecule has 5 nitrogen and oxygen atoms in total. The van der Waals surface area contributed by atoms with Crippen molar-refractivity contribution in [2.75, 3.05) is 26.0 Å². The first kappa shape index (κ1) is 14.7. The highest BCUT2D eigenvalue weighted by Gasteiger charge is 2.34. The van der Waals surface area contributed by atoms with Crippen molar-refractivity contribution in [2.24, 2.45) is 0 Å². The van der Waals surface area contributed by atoms with Gasteiger partial charge in [0.05, 0.1) is 17.7 Å². The normalized spacial score (nSPS) is 25.2. The van der Waals surface area contributed by atoms with Crippen LogP contribution in [-0.4, -0.2) is 51.0 Å². The number of alkyl halides is 1. The molecule has 0 aromatic rings. The van der Waals surface area contributed by atoms with E-state index in [0.717, 1.165) is 6.42 Å². The molecule has 1 heterocycles. The van der Waals surface area contributed by atoms with Crippen molar-refractivity contribution >= 4 is 27.3 Å². The van der Waals surface area contributed by atoms with Gasteiger partial charge in [0.15, 0.2) is 9.84 Å². The highest BCUT2D eigenvalue weighted by atomic mass is 35.5. The summed E-state index contributed by atoms with van der Waals surface area (Å²) in [5, 5.41) is 1.32. The number of amides is 1. The average molecular weight is 284 g/mol. The molecule has 2 unspecified atom stereocenters. The number of carbonyl (C=O) groups is 1. The zero-order chi connectivity index (χ0) is 12.9. The number of hydrogen-bond donors (Lipinski definition) is 1. The summed E-state index contributed by atoms with van der Waals surface area (Å²) < 4.78 is 28.2. The van der Waals surface area contributed by atoms with Crippen molar-refractivity contribution < 1.29 is 17.9 Å². The molecule has 0 radical (unpaired) electrons. The molecule has 0 aromatic carbocycles. The molecule has 7 heteroatoms. The van der Waals surface area contributed by atoms with E-state index in [0.29, 0.717) is 19.4 Å². The van der Waals surface area contributed by atoms with E-state index in [-0.39, 0.29) is 17.7 Å². The van der Waals surface area contributed by atoms with Crippen LogP contribution in [0.3, 0.4) is 0 Å². The Bertz CT molecular complexity index is 357. The summed E-state index contributed by atoms with van der Waals surface area (Å²) in [4.78, 5) is 11.7. The molecular formula is C10H18ClNO4S. The number of rotatable bonds is 5. The summed E-state index contributed by atoms with van der Waals surface area (Å²) in [7, 11) is -1.75. The fourth-order valence-electron chi connectivity index (χ4n) is 1.81. The van der Waals surface area contributed by atoms with E-state index in [1.807, 2.05) is 0 Å². The maximum absolute atomic E-state index is 11.7. The summed E-state index contributed by atoms with van der Waals surface area (Å²) in [5.74, 6) is -0.334. The molecule has 1 rings (SSSR count). The van der Waals surface area contributed by atoms with E-state index in [9.17, 15) is 13.2 Å². The third kappa shape index (κ3) is 4.44. The lowest BCUT2D eigenvalue weighted by Gasteiger charge is -2.21. The minimum atomic E-state index is -3.27. The van der Waals surface area contributed by atoms with Gasteiger partial charge in [-0.25, -0.2) is 8.42 Å². The van der Waals surface area contributed by atoms with Crippen molar-refractivity contribution in [3.8, 4) is 0 Å². The number of sulfone groups is 1. The zero-order valence-corrected chi connectivity index (χ0v) is 11.4. The lowest BCUT2D eigenvalue weighted by Crippen LogP contribution is -2.44. The summed E-state index contributed by atoms with van der Waals surface area (Å²) in [6.45, 7) is 0.541. The number of hydrogen-bond acceptors (Lipinski definition) is 4. The van der Waals surface area contributed by atoms with E-state index in [2.05, 4.69) is 5.32 Å². The van der Waals surface area contributed by atoms with E-state index in [1.54, 1.807) is 0 Å². The molecule has 0 saturated carbocycles. The van der Waals surface area contributed by atoms with Crippen LogP contribution in [0, 0.1) is 0 Å². The first-order valence-electron chi connectivity index (χ1n) is 5.59. The lowest BCUT2D eigenvalue weighted by molar-refractivity contribution is -0.120. The third-order valence-corrected chi connectivity index (χ3v) is 5.17. The molecule has 0 aliphatic carbocycles. The van der Waals surface area contributed by atoms with Gasteiger partial charge in [0.1, 0.15) is 5.25 Å². The van der Waals surface area contributed by atoms with Gasteiger partial charge in [-0.2, -0.15) is 0 Å². The highest BCUT2D eigenvalue weighted by molar-refractivity contribution is 7.92.